The lowest BCUT2D eigenvalue weighted by Gasteiger charge is -2.32. The zero-order valence-corrected chi connectivity index (χ0v) is 17.8. The van der Waals surface area contributed by atoms with Gasteiger partial charge in [0.1, 0.15) is 23.4 Å². The number of pyridine rings is 1. The molecular weight excluding hydrogens is 432 g/mol. The molecule has 1 aromatic carbocycles. The van der Waals surface area contributed by atoms with Gasteiger partial charge in [-0.2, -0.15) is 13.2 Å². The van der Waals surface area contributed by atoms with E-state index in [4.69, 9.17) is 9.47 Å². The van der Waals surface area contributed by atoms with E-state index >= 15 is 0 Å². The molecule has 0 aliphatic carbocycles. The normalized spacial score (nSPS) is 25.4. The SMILES string of the molecule is COc1cc(F)ccc1[C@@H]1[C@@H](C(=O)Nc2ccnc(C(C)=O)c2)O[C@@](C)(C(F)(F)F)[C@@H]1C. The van der Waals surface area contributed by atoms with Crippen molar-refractivity contribution in [1.29, 1.82) is 0 Å². The molecule has 0 radical (unpaired) electrons. The van der Waals surface area contributed by atoms with Gasteiger partial charge in [-0.3, -0.25) is 14.6 Å². The second-order valence-electron chi connectivity index (χ2n) is 7.82. The summed E-state index contributed by atoms with van der Waals surface area (Å²) in [5.74, 6) is -4.11. The number of rotatable bonds is 5. The molecule has 1 aliphatic rings. The standard InChI is InChI=1S/C22H22F4N2O4/c1-11-18(15-6-5-13(23)9-17(15)31-4)19(32-21(11,3)22(24,25)26)20(30)28-14-7-8-27-16(10-14)12(2)29/h5-11,18-19H,1-4H3,(H,27,28,30)/t11-,18-,19+,21-/m1/s1. The average molecular weight is 454 g/mol. The van der Waals surface area contributed by atoms with E-state index in [9.17, 15) is 27.2 Å². The smallest absolute Gasteiger partial charge is 0.417 e. The van der Waals surface area contributed by atoms with Crippen LogP contribution in [-0.2, 0) is 9.53 Å². The van der Waals surface area contributed by atoms with Gasteiger partial charge in [0, 0.05) is 42.3 Å². The number of Topliss-reactive ketones (excluding diaryl/α,β-unsaturated/α-hetero) is 1. The summed E-state index contributed by atoms with van der Waals surface area (Å²) in [5.41, 5.74) is -2.16. The molecule has 0 spiro atoms. The fourth-order valence-electron chi connectivity index (χ4n) is 3.90. The molecule has 172 valence electrons. The largest absolute Gasteiger partial charge is 0.496 e. The quantitative estimate of drug-likeness (QED) is 0.531. The minimum Gasteiger partial charge on any atom is -0.496 e. The summed E-state index contributed by atoms with van der Waals surface area (Å²) in [7, 11) is 1.26. The Morgan fingerprint density at radius 2 is 1.91 bits per heavy atom. The van der Waals surface area contributed by atoms with Crippen molar-refractivity contribution in [3.8, 4) is 5.75 Å². The van der Waals surface area contributed by atoms with E-state index in [1.54, 1.807) is 0 Å². The van der Waals surface area contributed by atoms with Crippen molar-refractivity contribution in [2.45, 2.75) is 44.6 Å². The van der Waals surface area contributed by atoms with Crippen molar-refractivity contribution in [3.63, 3.8) is 0 Å². The highest BCUT2D eigenvalue weighted by atomic mass is 19.4. The lowest BCUT2D eigenvalue weighted by atomic mass is 9.77. The summed E-state index contributed by atoms with van der Waals surface area (Å²) in [5, 5.41) is 2.50. The maximum atomic E-state index is 13.9. The van der Waals surface area contributed by atoms with Crippen molar-refractivity contribution in [1.82, 2.24) is 4.98 Å². The van der Waals surface area contributed by atoms with E-state index in [0.717, 1.165) is 19.1 Å². The summed E-state index contributed by atoms with van der Waals surface area (Å²) >= 11 is 0. The summed E-state index contributed by atoms with van der Waals surface area (Å²) in [6.07, 6.45) is -5.04. The molecule has 3 rings (SSSR count). The number of halogens is 4. The Morgan fingerprint density at radius 1 is 1.22 bits per heavy atom. The lowest BCUT2D eigenvalue weighted by molar-refractivity contribution is -0.272. The zero-order valence-electron chi connectivity index (χ0n) is 17.8. The van der Waals surface area contributed by atoms with E-state index < -0.39 is 41.4 Å². The van der Waals surface area contributed by atoms with E-state index in [-0.39, 0.29) is 28.5 Å². The lowest BCUT2D eigenvalue weighted by Crippen LogP contribution is -2.47. The number of hydrogen-bond acceptors (Lipinski definition) is 5. The minimum atomic E-state index is -4.77. The van der Waals surface area contributed by atoms with Gasteiger partial charge in [-0.05, 0) is 25.1 Å². The molecule has 6 nitrogen and oxygen atoms in total. The summed E-state index contributed by atoms with van der Waals surface area (Å²) < 4.78 is 66.1. The molecule has 1 amide bonds. The van der Waals surface area contributed by atoms with Crippen molar-refractivity contribution in [2.75, 3.05) is 12.4 Å². The third-order valence-corrected chi connectivity index (χ3v) is 5.87. The molecule has 2 aromatic rings. The van der Waals surface area contributed by atoms with Crippen LogP contribution in [0.2, 0.25) is 0 Å². The van der Waals surface area contributed by atoms with Crippen LogP contribution in [0, 0.1) is 11.7 Å². The molecule has 10 heteroatoms. The van der Waals surface area contributed by atoms with E-state index in [0.29, 0.717) is 0 Å². The van der Waals surface area contributed by atoms with Crippen LogP contribution in [-0.4, -0.2) is 41.7 Å². The second-order valence-corrected chi connectivity index (χ2v) is 7.82. The first kappa shape index (κ1) is 23.6. The molecule has 1 aliphatic heterocycles. The Kier molecular flexibility index (Phi) is 6.28. The van der Waals surface area contributed by atoms with Crippen molar-refractivity contribution in [3.05, 3.63) is 53.6 Å². The van der Waals surface area contributed by atoms with E-state index in [1.165, 1.54) is 45.4 Å². The number of anilines is 1. The number of carbonyl (C=O) groups excluding carboxylic acids is 2. The summed E-state index contributed by atoms with van der Waals surface area (Å²) in [6, 6.07) is 6.14. The number of alkyl halides is 3. The van der Waals surface area contributed by atoms with Gasteiger partial charge in [0.05, 0.1) is 7.11 Å². The number of hydrogen-bond donors (Lipinski definition) is 1. The number of nitrogens with zero attached hydrogens (tertiary/aromatic N) is 1. The van der Waals surface area contributed by atoms with Gasteiger partial charge in [0.15, 0.2) is 11.4 Å². The third-order valence-electron chi connectivity index (χ3n) is 5.87. The average Bonchev–Trinajstić information content (AvgIpc) is 3.00. The first-order chi connectivity index (χ1) is 14.9. The first-order valence-electron chi connectivity index (χ1n) is 9.75. The number of ether oxygens (including phenoxy) is 2. The fraction of sp³-hybridized carbons (Fsp3) is 0.409. The fourth-order valence-corrected chi connectivity index (χ4v) is 3.90. The van der Waals surface area contributed by atoms with Crippen LogP contribution < -0.4 is 10.1 Å². The highest BCUT2D eigenvalue weighted by Crippen LogP contribution is 2.54. The van der Waals surface area contributed by atoms with E-state index in [2.05, 4.69) is 10.3 Å². The van der Waals surface area contributed by atoms with Gasteiger partial charge in [0.25, 0.3) is 5.91 Å². The Hall–Kier alpha value is -3.01. The molecule has 0 bridgehead atoms. The third kappa shape index (κ3) is 4.19. The van der Waals surface area contributed by atoms with Crippen LogP contribution in [0.4, 0.5) is 23.2 Å². The maximum Gasteiger partial charge on any atom is 0.417 e. The molecule has 1 fully saturated rings. The number of methoxy groups -OCH3 is 1. The molecule has 1 aromatic heterocycles. The molecule has 0 unspecified atom stereocenters. The predicted octanol–water partition coefficient (Wildman–Crippen LogP) is 4.51. The van der Waals surface area contributed by atoms with Crippen LogP contribution in [0.1, 0.15) is 42.7 Å². The monoisotopic (exact) mass is 454 g/mol. The number of aromatic nitrogens is 1. The van der Waals surface area contributed by atoms with Gasteiger partial charge in [-0.25, -0.2) is 4.39 Å². The molecule has 2 heterocycles. The van der Waals surface area contributed by atoms with Crippen molar-refractivity contribution >= 4 is 17.4 Å². The minimum absolute atomic E-state index is 0.0115. The highest BCUT2D eigenvalue weighted by Gasteiger charge is 2.65. The van der Waals surface area contributed by atoms with Gasteiger partial charge >= 0.3 is 6.18 Å². The zero-order chi connectivity index (χ0) is 23.8. The van der Waals surface area contributed by atoms with Gasteiger partial charge in [-0.15, -0.1) is 0 Å². The number of amides is 1. The predicted molar refractivity (Wildman–Crippen MR) is 107 cm³/mol. The Balaban J connectivity index is 2.04. The van der Waals surface area contributed by atoms with Crippen LogP contribution in [0.3, 0.4) is 0 Å². The molecule has 1 N–H and O–H groups in total. The highest BCUT2D eigenvalue weighted by molar-refractivity contribution is 5.97. The molecule has 4 atom stereocenters. The van der Waals surface area contributed by atoms with Crippen molar-refractivity contribution < 1.29 is 36.6 Å². The molecule has 0 saturated carbocycles. The van der Waals surface area contributed by atoms with Crippen molar-refractivity contribution in [2.24, 2.45) is 5.92 Å². The topological polar surface area (TPSA) is 77.5 Å². The molecule has 1 saturated heterocycles. The Labute approximate surface area is 181 Å². The molecule has 32 heavy (non-hydrogen) atoms. The van der Waals surface area contributed by atoms with E-state index in [1.807, 2.05) is 0 Å². The first-order valence-corrected chi connectivity index (χ1v) is 9.75. The van der Waals surface area contributed by atoms with Crippen LogP contribution in [0.5, 0.6) is 5.75 Å². The second kappa shape index (κ2) is 8.50. The van der Waals surface area contributed by atoms with Crippen LogP contribution in [0.15, 0.2) is 36.5 Å². The van der Waals surface area contributed by atoms with Crippen LogP contribution >= 0.6 is 0 Å². The molecular formula is C22H22F4N2O4. The maximum absolute atomic E-state index is 13.9. The van der Waals surface area contributed by atoms with Gasteiger partial charge in [0.2, 0.25) is 0 Å². The Morgan fingerprint density at radius 3 is 2.50 bits per heavy atom. The number of ketones is 1. The summed E-state index contributed by atoms with van der Waals surface area (Å²) in [4.78, 5) is 28.5. The number of nitrogens with one attached hydrogen (secondary N) is 1. The summed E-state index contributed by atoms with van der Waals surface area (Å²) in [6.45, 7) is 3.50. The van der Waals surface area contributed by atoms with Gasteiger partial charge in [-0.1, -0.05) is 13.0 Å². The van der Waals surface area contributed by atoms with Gasteiger partial charge < -0.3 is 14.8 Å². The number of carbonyl (C=O) groups is 2. The number of benzene rings is 1. The Bertz CT molecular complexity index is 1040. The van der Waals surface area contributed by atoms with Crippen LogP contribution in [0.25, 0.3) is 0 Å².